The van der Waals surface area contributed by atoms with Crippen molar-refractivity contribution in [2.75, 3.05) is 12.4 Å². The lowest BCUT2D eigenvalue weighted by Gasteiger charge is -2.18. The number of methoxy groups -OCH3 is 1. The molecule has 0 fully saturated rings. The van der Waals surface area contributed by atoms with Crippen LogP contribution in [0.4, 0.5) is 5.95 Å². The summed E-state index contributed by atoms with van der Waals surface area (Å²) in [6.45, 7) is 0.308. The Hall–Kier alpha value is -2.93. The summed E-state index contributed by atoms with van der Waals surface area (Å²) in [6.07, 6.45) is 3.71. The average Bonchev–Trinajstić information content (AvgIpc) is 3.22. The van der Waals surface area contributed by atoms with Crippen LogP contribution in [0.5, 0.6) is 0 Å². The molecule has 0 aliphatic heterocycles. The van der Waals surface area contributed by atoms with Gasteiger partial charge in [-0.25, -0.2) is 0 Å². The maximum absolute atomic E-state index is 12.7. The molecule has 3 rings (SSSR count). The van der Waals surface area contributed by atoms with E-state index in [0.717, 1.165) is 5.56 Å². The van der Waals surface area contributed by atoms with E-state index in [1.807, 2.05) is 59.4 Å². The van der Waals surface area contributed by atoms with Gasteiger partial charge in [0.2, 0.25) is 5.95 Å². The Kier molecular flexibility index (Phi) is 4.49. The third-order valence-electron chi connectivity index (χ3n) is 3.34. The van der Waals surface area contributed by atoms with E-state index in [2.05, 4.69) is 20.5 Å². The summed E-state index contributed by atoms with van der Waals surface area (Å²) < 4.78 is 6.81. The van der Waals surface area contributed by atoms with Gasteiger partial charge in [-0.05, 0) is 17.7 Å². The number of nitrogens with one attached hydrogen (secondary N) is 2. The molecule has 2 heterocycles. The number of hydrogen-bond acceptors (Lipinski definition) is 4. The van der Waals surface area contributed by atoms with Gasteiger partial charge in [0.1, 0.15) is 12.6 Å². The maximum atomic E-state index is 12.7. The van der Waals surface area contributed by atoms with Gasteiger partial charge in [-0.1, -0.05) is 30.3 Å². The number of carbonyl (C=O) groups excluding carboxylic acids is 1. The van der Waals surface area contributed by atoms with Crippen molar-refractivity contribution in [2.45, 2.75) is 12.6 Å². The zero-order chi connectivity index (χ0) is 16.1. The molecule has 3 aromatic rings. The van der Waals surface area contributed by atoms with Crippen molar-refractivity contribution in [1.82, 2.24) is 19.7 Å². The Labute approximate surface area is 133 Å². The maximum Gasteiger partial charge on any atom is 0.254 e. The molecule has 0 spiro atoms. The van der Waals surface area contributed by atoms with Crippen molar-refractivity contribution in [1.29, 1.82) is 0 Å². The first-order chi connectivity index (χ1) is 11.3. The number of carbonyl (C=O) groups is 1. The van der Waals surface area contributed by atoms with Crippen LogP contribution in [-0.2, 0) is 16.1 Å². The monoisotopic (exact) mass is 311 g/mol. The second-order valence-corrected chi connectivity index (χ2v) is 4.97. The van der Waals surface area contributed by atoms with Crippen LogP contribution in [0.15, 0.2) is 54.9 Å². The molecule has 23 heavy (non-hydrogen) atoms. The summed E-state index contributed by atoms with van der Waals surface area (Å²) in [5.41, 5.74) is 0.883. The number of nitrogens with zero attached hydrogens (tertiary/aromatic N) is 3. The normalized spacial score (nSPS) is 12.0. The van der Waals surface area contributed by atoms with Gasteiger partial charge < -0.3 is 9.30 Å². The zero-order valence-corrected chi connectivity index (χ0v) is 12.6. The van der Waals surface area contributed by atoms with E-state index < -0.39 is 6.04 Å². The molecule has 2 aromatic heterocycles. The summed E-state index contributed by atoms with van der Waals surface area (Å²) in [6, 6.07) is 12.8. The minimum Gasteiger partial charge on any atom is -0.377 e. The lowest BCUT2D eigenvalue weighted by atomic mass is 10.1. The number of benzene rings is 1. The number of amides is 1. The highest BCUT2D eigenvalue weighted by Gasteiger charge is 2.23. The molecule has 0 unspecified atom stereocenters. The molecule has 0 bridgehead atoms. The Morgan fingerprint density at radius 3 is 2.70 bits per heavy atom. The number of aromatic amines is 1. The molecule has 7 heteroatoms. The first-order valence-corrected chi connectivity index (χ1v) is 7.16. The van der Waals surface area contributed by atoms with Gasteiger partial charge in [-0.15, -0.1) is 5.10 Å². The van der Waals surface area contributed by atoms with E-state index in [4.69, 9.17) is 4.74 Å². The quantitative estimate of drug-likeness (QED) is 0.729. The Balaban J connectivity index is 1.83. The number of ether oxygens (including phenoxy) is 1. The third kappa shape index (κ3) is 3.46. The Morgan fingerprint density at radius 2 is 2.00 bits per heavy atom. The molecular weight excluding hydrogens is 294 g/mol. The molecule has 1 amide bonds. The van der Waals surface area contributed by atoms with Crippen LogP contribution in [0.2, 0.25) is 0 Å². The molecule has 7 nitrogen and oxygen atoms in total. The largest absolute Gasteiger partial charge is 0.377 e. The molecule has 0 aliphatic carbocycles. The van der Waals surface area contributed by atoms with Crippen molar-refractivity contribution in [3.63, 3.8) is 0 Å². The molecule has 0 radical (unpaired) electrons. The molecule has 1 aromatic carbocycles. The molecule has 0 saturated carbocycles. The van der Waals surface area contributed by atoms with Crippen LogP contribution in [-0.4, -0.2) is 32.8 Å². The second kappa shape index (κ2) is 6.89. The zero-order valence-electron chi connectivity index (χ0n) is 12.6. The number of anilines is 1. The molecule has 1 atom stereocenters. The SMILES string of the molecule is COCc1nc(NC(=O)[C@H](c2ccccc2)n2cccc2)n[nH]1. The summed E-state index contributed by atoms with van der Waals surface area (Å²) in [4.78, 5) is 16.9. The molecule has 118 valence electrons. The van der Waals surface area contributed by atoms with Crippen LogP contribution < -0.4 is 5.32 Å². The minimum atomic E-state index is -0.490. The fraction of sp³-hybridized carbons (Fsp3) is 0.188. The van der Waals surface area contributed by atoms with E-state index in [0.29, 0.717) is 12.4 Å². The highest BCUT2D eigenvalue weighted by Crippen LogP contribution is 2.20. The van der Waals surface area contributed by atoms with Gasteiger partial charge in [0.05, 0.1) is 0 Å². The van der Waals surface area contributed by atoms with Crippen molar-refractivity contribution >= 4 is 11.9 Å². The van der Waals surface area contributed by atoms with E-state index in [9.17, 15) is 4.79 Å². The van der Waals surface area contributed by atoms with E-state index in [-0.39, 0.29) is 11.9 Å². The van der Waals surface area contributed by atoms with Crippen LogP contribution in [0.3, 0.4) is 0 Å². The highest BCUT2D eigenvalue weighted by atomic mass is 16.5. The van der Waals surface area contributed by atoms with Crippen molar-refractivity contribution in [3.05, 3.63) is 66.2 Å². The Bertz CT molecular complexity index is 752. The number of hydrogen-bond donors (Lipinski definition) is 2. The van der Waals surface area contributed by atoms with Crippen LogP contribution in [0.25, 0.3) is 0 Å². The molecule has 2 N–H and O–H groups in total. The third-order valence-corrected chi connectivity index (χ3v) is 3.34. The lowest BCUT2D eigenvalue weighted by Crippen LogP contribution is -2.26. The van der Waals surface area contributed by atoms with Crippen molar-refractivity contribution < 1.29 is 9.53 Å². The van der Waals surface area contributed by atoms with Crippen LogP contribution >= 0.6 is 0 Å². The molecule has 0 saturated heterocycles. The van der Waals surface area contributed by atoms with Gasteiger partial charge in [-0.3, -0.25) is 15.2 Å². The highest BCUT2D eigenvalue weighted by molar-refractivity contribution is 5.94. The smallest absolute Gasteiger partial charge is 0.254 e. The summed E-state index contributed by atoms with van der Waals surface area (Å²) in [5.74, 6) is 0.575. The van der Waals surface area contributed by atoms with Gasteiger partial charge in [0.15, 0.2) is 5.82 Å². The number of H-pyrrole nitrogens is 1. The van der Waals surface area contributed by atoms with E-state index >= 15 is 0 Å². The standard InChI is InChI=1S/C16H17N5O2/c1-23-11-13-17-16(20-19-13)18-15(22)14(21-9-5-6-10-21)12-7-3-2-4-8-12/h2-10,14H,11H2,1H3,(H2,17,18,19,20,22)/t14-/m0/s1. The lowest BCUT2D eigenvalue weighted by molar-refractivity contribution is -0.118. The topological polar surface area (TPSA) is 84.8 Å². The minimum absolute atomic E-state index is 0.213. The molecular formula is C16H17N5O2. The summed E-state index contributed by atoms with van der Waals surface area (Å²) >= 11 is 0. The van der Waals surface area contributed by atoms with Crippen molar-refractivity contribution in [2.24, 2.45) is 0 Å². The Morgan fingerprint density at radius 1 is 1.26 bits per heavy atom. The van der Waals surface area contributed by atoms with Gasteiger partial charge in [0.25, 0.3) is 5.91 Å². The van der Waals surface area contributed by atoms with E-state index in [1.165, 1.54) is 0 Å². The van der Waals surface area contributed by atoms with Crippen LogP contribution in [0, 0.1) is 0 Å². The van der Waals surface area contributed by atoms with Gasteiger partial charge in [-0.2, -0.15) is 4.98 Å². The summed E-state index contributed by atoms with van der Waals surface area (Å²) in [5, 5.41) is 9.43. The number of aromatic nitrogens is 4. The van der Waals surface area contributed by atoms with Gasteiger partial charge in [0, 0.05) is 19.5 Å². The summed E-state index contributed by atoms with van der Waals surface area (Å²) in [7, 11) is 1.57. The fourth-order valence-electron chi connectivity index (χ4n) is 2.35. The second-order valence-electron chi connectivity index (χ2n) is 4.97. The predicted octanol–water partition coefficient (Wildman–Crippen LogP) is 1.98. The van der Waals surface area contributed by atoms with Gasteiger partial charge >= 0.3 is 0 Å². The van der Waals surface area contributed by atoms with E-state index in [1.54, 1.807) is 7.11 Å². The first kappa shape index (κ1) is 15.0. The average molecular weight is 311 g/mol. The number of rotatable bonds is 6. The molecule has 0 aliphatic rings. The van der Waals surface area contributed by atoms with Crippen molar-refractivity contribution in [3.8, 4) is 0 Å². The van der Waals surface area contributed by atoms with Crippen LogP contribution in [0.1, 0.15) is 17.4 Å². The fourth-order valence-corrected chi connectivity index (χ4v) is 2.35. The first-order valence-electron chi connectivity index (χ1n) is 7.16. The predicted molar refractivity (Wildman–Crippen MR) is 84.7 cm³/mol.